The third-order valence-corrected chi connectivity index (χ3v) is 6.61. The standard InChI is InChI=1S/C20H20N6OS2/c27-17(12-26-19(23-24-20(26)28)16-6-3-11-29-16)25-9-7-13(8-10-25)18-21-14-4-1-2-5-15(14)22-18/h1-6,11,13H,7-10,12H2,(H,21,22)(H,24,28). The first kappa shape index (κ1) is 18.3. The molecule has 7 nitrogen and oxygen atoms in total. The van der Waals surface area contributed by atoms with E-state index in [9.17, 15) is 4.79 Å². The Hall–Kier alpha value is -2.78. The quantitative estimate of drug-likeness (QED) is 0.486. The lowest BCUT2D eigenvalue weighted by molar-refractivity contribution is -0.132. The molecule has 5 rings (SSSR count). The minimum Gasteiger partial charge on any atom is -0.342 e. The highest BCUT2D eigenvalue weighted by Gasteiger charge is 2.26. The van der Waals surface area contributed by atoms with Crippen molar-refractivity contribution in [2.75, 3.05) is 13.1 Å². The van der Waals surface area contributed by atoms with Crippen LogP contribution in [0.15, 0.2) is 41.8 Å². The summed E-state index contributed by atoms with van der Waals surface area (Å²) in [6.45, 7) is 1.65. The zero-order valence-corrected chi connectivity index (χ0v) is 17.3. The SMILES string of the molecule is O=C(Cn1c(-c2cccs2)n[nH]c1=S)N1CCC(c2nc3ccccc3[nH]2)CC1. The van der Waals surface area contributed by atoms with Gasteiger partial charge in [0.25, 0.3) is 0 Å². The maximum Gasteiger partial charge on any atom is 0.242 e. The molecule has 0 atom stereocenters. The first-order chi connectivity index (χ1) is 14.2. The van der Waals surface area contributed by atoms with Gasteiger partial charge in [0.15, 0.2) is 10.6 Å². The second-order valence-electron chi connectivity index (χ2n) is 7.21. The average molecular weight is 425 g/mol. The molecule has 1 aliphatic rings. The van der Waals surface area contributed by atoms with Crippen molar-refractivity contribution in [3.8, 4) is 10.7 Å². The predicted molar refractivity (Wildman–Crippen MR) is 115 cm³/mol. The molecular weight excluding hydrogens is 404 g/mol. The lowest BCUT2D eigenvalue weighted by Gasteiger charge is -2.31. The second kappa shape index (κ2) is 7.57. The number of benzene rings is 1. The Morgan fingerprint density at radius 2 is 2.03 bits per heavy atom. The van der Waals surface area contributed by atoms with E-state index in [1.165, 1.54) is 0 Å². The molecule has 3 aromatic heterocycles. The lowest BCUT2D eigenvalue weighted by atomic mass is 9.96. The molecule has 0 unspecified atom stereocenters. The molecule has 2 N–H and O–H groups in total. The van der Waals surface area contributed by atoms with E-state index in [1.54, 1.807) is 15.9 Å². The fourth-order valence-corrected chi connectivity index (χ4v) is 4.78. The smallest absolute Gasteiger partial charge is 0.242 e. The molecule has 0 spiro atoms. The molecule has 9 heteroatoms. The fourth-order valence-electron chi connectivity index (χ4n) is 3.86. The number of aromatic nitrogens is 5. The van der Waals surface area contributed by atoms with Crippen LogP contribution in [0.25, 0.3) is 21.7 Å². The van der Waals surface area contributed by atoms with Gasteiger partial charge in [-0.3, -0.25) is 14.5 Å². The Morgan fingerprint density at radius 1 is 1.21 bits per heavy atom. The van der Waals surface area contributed by atoms with Crippen LogP contribution in [-0.2, 0) is 11.3 Å². The number of nitrogens with zero attached hydrogens (tertiary/aromatic N) is 4. The van der Waals surface area contributed by atoms with Crippen molar-refractivity contribution in [3.05, 3.63) is 52.4 Å². The van der Waals surface area contributed by atoms with E-state index in [2.05, 4.69) is 15.2 Å². The van der Waals surface area contributed by atoms with Crippen molar-refractivity contribution in [1.82, 2.24) is 29.6 Å². The van der Waals surface area contributed by atoms with Gasteiger partial charge in [-0.15, -0.1) is 11.3 Å². The van der Waals surface area contributed by atoms with Crippen LogP contribution in [0.5, 0.6) is 0 Å². The average Bonchev–Trinajstić information content (AvgIpc) is 3.48. The molecule has 4 aromatic rings. The van der Waals surface area contributed by atoms with Gasteiger partial charge in [0.05, 0.1) is 15.9 Å². The zero-order valence-electron chi connectivity index (χ0n) is 15.7. The van der Waals surface area contributed by atoms with Gasteiger partial charge in [-0.25, -0.2) is 4.98 Å². The van der Waals surface area contributed by atoms with Crippen LogP contribution in [0.4, 0.5) is 0 Å². The van der Waals surface area contributed by atoms with Crippen LogP contribution >= 0.6 is 23.6 Å². The lowest BCUT2D eigenvalue weighted by Crippen LogP contribution is -2.40. The summed E-state index contributed by atoms with van der Waals surface area (Å²) in [4.78, 5) is 24.0. The number of thiophene rings is 1. The fraction of sp³-hybridized carbons (Fsp3) is 0.300. The van der Waals surface area contributed by atoms with E-state index in [1.807, 2.05) is 46.7 Å². The minimum absolute atomic E-state index is 0.0726. The number of aromatic amines is 2. The van der Waals surface area contributed by atoms with Crippen molar-refractivity contribution >= 4 is 40.5 Å². The number of imidazole rings is 1. The largest absolute Gasteiger partial charge is 0.342 e. The first-order valence-electron chi connectivity index (χ1n) is 9.60. The molecule has 1 saturated heterocycles. The maximum absolute atomic E-state index is 12.9. The third-order valence-electron chi connectivity index (χ3n) is 5.44. The molecule has 1 fully saturated rings. The molecule has 0 radical (unpaired) electrons. The van der Waals surface area contributed by atoms with Gasteiger partial charge in [-0.05, 0) is 48.6 Å². The number of fused-ring (bicyclic) bond motifs is 1. The van der Waals surface area contributed by atoms with Gasteiger partial charge in [-0.1, -0.05) is 18.2 Å². The summed E-state index contributed by atoms with van der Waals surface area (Å²) in [6.07, 6.45) is 1.81. The number of likely N-dealkylation sites (tertiary alicyclic amines) is 1. The summed E-state index contributed by atoms with van der Waals surface area (Å²) in [5, 5.41) is 9.10. The number of hydrogen-bond donors (Lipinski definition) is 2. The van der Waals surface area contributed by atoms with Crippen LogP contribution in [0, 0.1) is 4.77 Å². The normalized spacial score (nSPS) is 15.2. The van der Waals surface area contributed by atoms with E-state index < -0.39 is 0 Å². The molecule has 29 heavy (non-hydrogen) atoms. The number of hydrogen-bond acceptors (Lipinski definition) is 5. The third kappa shape index (κ3) is 3.51. The van der Waals surface area contributed by atoms with E-state index >= 15 is 0 Å². The van der Waals surface area contributed by atoms with E-state index in [-0.39, 0.29) is 12.5 Å². The zero-order chi connectivity index (χ0) is 19.8. The molecule has 148 valence electrons. The molecule has 1 aliphatic heterocycles. The van der Waals surface area contributed by atoms with Crippen molar-refractivity contribution in [2.45, 2.75) is 25.3 Å². The van der Waals surface area contributed by atoms with Gasteiger partial charge in [0, 0.05) is 19.0 Å². The highest BCUT2D eigenvalue weighted by atomic mass is 32.1. The van der Waals surface area contributed by atoms with E-state index in [0.717, 1.165) is 53.5 Å². The summed E-state index contributed by atoms with van der Waals surface area (Å²) in [5.74, 6) is 2.17. The van der Waals surface area contributed by atoms with Gasteiger partial charge >= 0.3 is 0 Å². The van der Waals surface area contributed by atoms with Crippen molar-refractivity contribution in [2.24, 2.45) is 0 Å². The number of para-hydroxylation sites is 2. The number of carbonyl (C=O) groups is 1. The van der Waals surface area contributed by atoms with Crippen molar-refractivity contribution in [1.29, 1.82) is 0 Å². The van der Waals surface area contributed by atoms with Crippen molar-refractivity contribution in [3.63, 3.8) is 0 Å². The summed E-state index contributed by atoms with van der Waals surface area (Å²) in [5.41, 5.74) is 2.06. The Morgan fingerprint density at radius 3 is 2.79 bits per heavy atom. The number of H-pyrrole nitrogens is 2. The maximum atomic E-state index is 12.9. The van der Waals surface area contributed by atoms with Crippen LogP contribution in [0.1, 0.15) is 24.6 Å². The van der Waals surface area contributed by atoms with Crippen LogP contribution < -0.4 is 0 Å². The molecule has 0 bridgehead atoms. The number of nitrogens with one attached hydrogen (secondary N) is 2. The number of carbonyl (C=O) groups excluding carboxylic acids is 1. The van der Waals surface area contributed by atoms with Gasteiger partial charge in [-0.2, -0.15) is 5.10 Å². The highest BCUT2D eigenvalue weighted by molar-refractivity contribution is 7.71. The van der Waals surface area contributed by atoms with Gasteiger partial charge < -0.3 is 9.88 Å². The molecule has 0 aliphatic carbocycles. The van der Waals surface area contributed by atoms with Gasteiger partial charge in [0.2, 0.25) is 5.91 Å². The monoisotopic (exact) mass is 424 g/mol. The highest BCUT2D eigenvalue weighted by Crippen LogP contribution is 2.28. The van der Waals surface area contributed by atoms with Crippen LogP contribution in [0.3, 0.4) is 0 Å². The predicted octanol–water partition coefficient (Wildman–Crippen LogP) is 3.95. The number of piperidine rings is 1. The molecule has 0 saturated carbocycles. The molecular formula is C20H20N6OS2. The first-order valence-corrected chi connectivity index (χ1v) is 10.9. The Labute approximate surface area is 176 Å². The van der Waals surface area contributed by atoms with E-state index in [0.29, 0.717) is 10.7 Å². The van der Waals surface area contributed by atoms with E-state index in [4.69, 9.17) is 17.2 Å². The van der Waals surface area contributed by atoms with Crippen LogP contribution in [-0.4, -0.2) is 48.6 Å². The molecule has 4 heterocycles. The van der Waals surface area contributed by atoms with Crippen molar-refractivity contribution < 1.29 is 4.79 Å². The summed E-state index contributed by atoms with van der Waals surface area (Å²) < 4.78 is 2.26. The topological polar surface area (TPSA) is 82.6 Å². The second-order valence-corrected chi connectivity index (χ2v) is 8.54. The van der Waals surface area contributed by atoms with Gasteiger partial charge in [0.1, 0.15) is 12.4 Å². The minimum atomic E-state index is 0.0726. The molecule has 1 amide bonds. The summed E-state index contributed by atoms with van der Waals surface area (Å²) >= 11 is 6.93. The Kier molecular flexibility index (Phi) is 4.76. The van der Waals surface area contributed by atoms with Crippen LogP contribution in [0.2, 0.25) is 0 Å². The molecule has 1 aromatic carbocycles. The Bertz CT molecular complexity index is 1160. The number of rotatable bonds is 4. The summed E-state index contributed by atoms with van der Waals surface area (Å²) in [7, 11) is 0. The Balaban J connectivity index is 1.26. The summed E-state index contributed by atoms with van der Waals surface area (Å²) in [6, 6.07) is 12.0. The number of amides is 1.